The van der Waals surface area contributed by atoms with Crippen LogP contribution in [0.1, 0.15) is 35.0 Å². The molecule has 196 valence electrons. The molecular formula is C30H32N4O3S. The third-order valence-electron chi connectivity index (χ3n) is 6.41. The molecule has 0 saturated heterocycles. The summed E-state index contributed by atoms with van der Waals surface area (Å²) in [6.07, 6.45) is 2.41. The Bertz CT molecular complexity index is 1540. The molecule has 0 bridgehead atoms. The van der Waals surface area contributed by atoms with Crippen molar-refractivity contribution < 1.29 is 13.2 Å². The summed E-state index contributed by atoms with van der Waals surface area (Å²) in [7, 11) is -3.97. The number of nitrogens with one attached hydrogen (secondary N) is 1. The largest absolute Gasteiger partial charge is 0.318 e. The highest BCUT2D eigenvalue weighted by Crippen LogP contribution is 2.24. The van der Waals surface area contributed by atoms with Crippen molar-refractivity contribution in [2.75, 3.05) is 10.8 Å². The second kappa shape index (κ2) is 11.5. The van der Waals surface area contributed by atoms with Crippen LogP contribution in [0, 0.1) is 20.8 Å². The normalized spacial score (nSPS) is 11.6. The quantitative estimate of drug-likeness (QED) is 0.236. The number of carbonyl (C=O) groups is 1. The number of hydrogen-bond acceptors (Lipinski definition) is 4. The van der Waals surface area contributed by atoms with Crippen LogP contribution in [0.5, 0.6) is 0 Å². The molecule has 0 fully saturated rings. The molecule has 0 saturated carbocycles. The molecule has 4 aromatic rings. The van der Waals surface area contributed by atoms with E-state index in [2.05, 4.69) is 39.4 Å². The maximum atomic E-state index is 13.5. The van der Waals surface area contributed by atoms with Gasteiger partial charge in [-0.15, -0.1) is 0 Å². The minimum absolute atomic E-state index is 0.111. The Balaban J connectivity index is 1.54. The first-order valence-corrected chi connectivity index (χ1v) is 13.9. The molecule has 0 aliphatic heterocycles. The first-order valence-electron chi connectivity index (χ1n) is 12.5. The van der Waals surface area contributed by atoms with Crippen molar-refractivity contribution in [1.82, 2.24) is 9.99 Å². The number of anilines is 1. The van der Waals surface area contributed by atoms with Gasteiger partial charge >= 0.3 is 0 Å². The minimum atomic E-state index is -3.97. The van der Waals surface area contributed by atoms with E-state index in [0.717, 1.165) is 38.9 Å². The van der Waals surface area contributed by atoms with Gasteiger partial charge in [-0.3, -0.25) is 9.10 Å². The first-order chi connectivity index (χ1) is 18.2. The van der Waals surface area contributed by atoms with Crippen molar-refractivity contribution >= 4 is 27.8 Å². The van der Waals surface area contributed by atoms with Gasteiger partial charge in [-0.05, 0) is 75.2 Å². The van der Waals surface area contributed by atoms with Crippen LogP contribution in [0.2, 0.25) is 0 Å². The fourth-order valence-electron chi connectivity index (χ4n) is 4.28. The second-order valence-electron chi connectivity index (χ2n) is 9.14. The molecule has 1 amide bonds. The molecule has 0 radical (unpaired) electrons. The zero-order valence-electron chi connectivity index (χ0n) is 22.0. The molecule has 8 heteroatoms. The summed E-state index contributed by atoms with van der Waals surface area (Å²) < 4.78 is 30.2. The maximum absolute atomic E-state index is 13.5. The molecule has 1 aromatic heterocycles. The van der Waals surface area contributed by atoms with E-state index < -0.39 is 22.5 Å². The minimum Gasteiger partial charge on any atom is -0.318 e. The number of sulfonamides is 1. The van der Waals surface area contributed by atoms with Crippen LogP contribution >= 0.6 is 0 Å². The number of aryl methyl sites for hydroxylation is 3. The molecule has 7 nitrogen and oxygen atoms in total. The molecule has 0 aliphatic rings. The predicted octanol–water partition coefficient (Wildman–Crippen LogP) is 5.31. The van der Waals surface area contributed by atoms with Gasteiger partial charge < -0.3 is 4.57 Å². The lowest BCUT2D eigenvalue weighted by atomic mass is 10.1. The van der Waals surface area contributed by atoms with Gasteiger partial charge in [0.1, 0.15) is 6.54 Å². The number of carbonyl (C=O) groups excluding carboxylic acids is 1. The van der Waals surface area contributed by atoms with Crippen LogP contribution in [0.25, 0.3) is 5.69 Å². The van der Waals surface area contributed by atoms with Gasteiger partial charge in [-0.25, -0.2) is 13.8 Å². The average Bonchev–Trinajstić information content (AvgIpc) is 3.20. The standard InChI is InChI=1S/C30H32N4O3S/c1-5-25-13-17-27(18-14-25)33(38(36,37)29-9-7-6-8-10-29)21-30(35)32-31-20-26-19-23(3)34(24(26)4)28-15-11-22(2)12-16-28/h6-20H,5,21H2,1-4H3,(H,32,35)/b31-20-. The van der Waals surface area contributed by atoms with E-state index in [0.29, 0.717) is 5.69 Å². The van der Waals surface area contributed by atoms with Crippen molar-refractivity contribution in [2.45, 2.75) is 39.0 Å². The molecular weight excluding hydrogens is 496 g/mol. The average molecular weight is 529 g/mol. The highest BCUT2D eigenvalue weighted by molar-refractivity contribution is 7.92. The Morgan fingerprint density at radius 3 is 2.24 bits per heavy atom. The predicted molar refractivity (Wildman–Crippen MR) is 153 cm³/mol. The number of nitrogens with zero attached hydrogens (tertiary/aromatic N) is 3. The lowest BCUT2D eigenvalue weighted by molar-refractivity contribution is -0.119. The number of rotatable bonds is 9. The zero-order valence-corrected chi connectivity index (χ0v) is 22.9. The molecule has 0 unspecified atom stereocenters. The summed E-state index contributed by atoms with van der Waals surface area (Å²) in [5, 5.41) is 4.13. The fourth-order valence-corrected chi connectivity index (χ4v) is 5.72. The SMILES string of the molecule is CCc1ccc(N(CC(=O)N/N=C\c2cc(C)n(-c3ccc(C)cc3)c2C)S(=O)(=O)c2ccccc2)cc1. The Labute approximate surface area is 224 Å². The van der Waals surface area contributed by atoms with Crippen LogP contribution in [-0.4, -0.2) is 31.7 Å². The van der Waals surface area contributed by atoms with E-state index in [9.17, 15) is 13.2 Å². The number of benzene rings is 3. The summed E-state index contributed by atoms with van der Waals surface area (Å²) in [6.45, 7) is 7.66. The number of amides is 1. The molecule has 1 N–H and O–H groups in total. The topological polar surface area (TPSA) is 83.8 Å². The van der Waals surface area contributed by atoms with Gasteiger partial charge in [-0.1, -0.05) is 55.0 Å². The van der Waals surface area contributed by atoms with Crippen molar-refractivity contribution in [2.24, 2.45) is 5.10 Å². The van der Waals surface area contributed by atoms with Gasteiger partial charge in [0.15, 0.2) is 0 Å². The highest BCUT2D eigenvalue weighted by Gasteiger charge is 2.27. The van der Waals surface area contributed by atoms with Crippen molar-refractivity contribution in [3.63, 3.8) is 0 Å². The van der Waals surface area contributed by atoms with Crippen LogP contribution in [0.3, 0.4) is 0 Å². The Hall–Kier alpha value is -4.17. The molecule has 1 heterocycles. The fraction of sp³-hybridized carbons (Fsp3) is 0.200. The van der Waals surface area contributed by atoms with E-state index in [1.54, 1.807) is 36.5 Å². The Morgan fingerprint density at radius 2 is 1.61 bits per heavy atom. The van der Waals surface area contributed by atoms with Crippen molar-refractivity contribution in [1.29, 1.82) is 0 Å². The molecule has 4 rings (SSSR count). The molecule has 3 aromatic carbocycles. The summed E-state index contributed by atoms with van der Waals surface area (Å²) in [4.78, 5) is 13.0. The lowest BCUT2D eigenvalue weighted by Gasteiger charge is -2.24. The van der Waals surface area contributed by atoms with Crippen molar-refractivity contribution in [3.05, 3.63) is 113 Å². The monoisotopic (exact) mass is 528 g/mol. The maximum Gasteiger partial charge on any atom is 0.264 e. The van der Waals surface area contributed by atoms with Gasteiger partial charge in [-0.2, -0.15) is 5.10 Å². The summed E-state index contributed by atoms with van der Waals surface area (Å²) >= 11 is 0. The Kier molecular flexibility index (Phi) is 8.12. The summed E-state index contributed by atoms with van der Waals surface area (Å²) in [5.41, 5.74) is 9.08. The van der Waals surface area contributed by atoms with E-state index in [4.69, 9.17) is 0 Å². The van der Waals surface area contributed by atoms with Gasteiger partial charge in [0.2, 0.25) is 0 Å². The van der Waals surface area contributed by atoms with Crippen LogP contribution in [0.4, 0.5) is 5.69 Å². The third kappa shape index (κ3) is 5.86. The smallest absolute Gasteiger partial charge is 0.264 e. The van der Waals surface area contributed by atoms with Crippen LogP contribution in [-0.2, 0) is 21.2 Å². The molecule has 0 atom stereocenters. The van der Waals surface area contributed by atoms with Gasteiger partial charge in [0.25, 0.3) is 15.9 Å². The zero-order chi connectivity index (χ0) is 27.3. The molecule has 0 aliphatic carbocycles. The van der Waals surface area contributed by atoms with E-state index in [1.165, 1.54) is 17.7 Å². The van der Waals surface area contributed by atoms with Crippen molar-refractivity contribution in [3.8, 4) is 5.69 Å². The van der Waals surface area contributed by atoms with E-state index >= 15 is 0 Å². The molecule has 38 heavy (non-hydrogen) atoms. The number of aromatic nitrogens is 1. The highest BCUT2D eigenvalue weighted by atomic mass is 32.2. The van der Waals surface area contributed by atoms with Gasteiger partial charge in [0.05, 0.1) is 16.8 Å². The van der Waals surface area contributed by atoms with E-state index in [-0.39, 0.29) is 4.90 Å². The Morgan fingerprint density at radius 1 is 0.947 bits per heavy atom. The summed E-state index contributed by atoms with van der Waals surface area (Å²) in [5.74, 6) is -0.548. The number of hydrogen-bond donors (Lipinski definition) is 1. The first kappa shape index (κ1) is 26.9. The lowest BCUT2D eigenvalue weighted by Crippen LogP contribution is -2.39. The number of hydrazone groups is 1. The molecule has 0 spiro atoms. The van der Waals surface area contributed by atoms with Gasteiger partial charge in [0, 0.05) is 22.6 Å². The third-order valence-corrected chi connectivity index (χ3v) is 8.19. The van der Waals surface area contributed by atoms with Crippen LogP contribution in [0.15, 0.2) is 94.9 Å². The summed E-state index contributed by atoms with van der Waals surface area (Å²) in [6, 6.07) is 25.5. The van der Waals surface area contributed by atoms with E-state index in [1.807, 2.05) is 45.9 Å². The van der Waals surface area contributed by atoms with Crippen LogP contribution < -0.4 is 9.73 Å². The second-order valence-corrected chi connectivity index (χ2v) is 11.0.